The summed E-state index contributed by atoms with van der Waals surface area (Å²) in [6, 6.07) is 0.449. The molecule has 1 aliphatic carbocycles. The van der Waals surface area contributed by atoms with E-state index in [1.807, 2.05) is 20.8 Å². The standard InChI is InChI=1S/C16H30N2O5S/c1-16(2,3)22-15(19)18-11-9-17(10-12-18)13-5-7-14(8-6-13)23-24(4,20)21/h13-14H,5-12H2,1-4H3/t13-,14-. The smallest absolute Gasteiger partial charge is 0.410 e. The Kier molecular flexibility index (Phi) is 6.14. The molecule has 0 unspecified atom stereocenters. The van der Waals surface area contributed by atoms with Gasteiger partial charge in [0.25, 0.3) is 10.1 Å². The van der Waals surface area contributed by atoms with Crippen LogP contribution < -0.4 is 0 Å². The fraction of sp³-hybridized carbons (Fsp3) is 0.938. The SMILES string of the molecule is CC(C)(C)OC(=O)N1CCN([C@H]2CC[C@H](OS(C)(=O)=O)CC2)CC1. The molecule has 0 aromatic rings. The lowest BCUT2D eigenvalue weighted by Crippen LogP contribution is -2.53. The maximum Gasteiger partial charge on any atom is 0.410 e. The molecule has 8 heteroatoms. The van der Waals surface area contributed by atoms with Crippen molar-refractivity contribution in [1.82, 2.24) is 9.80 Å². The second-order valence-corrected chi connectivity index (χ2v) is 9.33. The number of rotatable bonds is 3. The molecule has 7 nitrogen and oxygen atoms in total. The van der Waals surface area contributed by atoms with Crippen molar-refractivity contribution >= 4 is 16.2 Å². The molecule has 1 aliphatic heterocycles. The molecule has 2 rings (SSSR count). The predicted octanol–water partition coefficient (Wildman–Crippen LogP) is 1.83. The van der Waals surface area contributed by atoms with Crippen LogP contribution in [-0.2, 0) is 19.0 Å². The van der Waals surface area contributed by atoms with Crippen LogP contribution in [0.2, 0.25) is 0 Å². The van der Waals surface area contributed by atoms with Gasteiger partial charge in [-0.1, -0.05) is 0 Å². The molecule has 24 heavy (non-hydrogen) atoms. The van der Waals surface area contributed by atoms with Gasteiger partial charge in [0, 0.05) is 32.2 Å². The molecule has 0 aromatic heterocycles. The summed E-state index contributed by atoms with van der Waals surface area (Å²) < 4.78 is 32.9. The number of carbonyl (C=O) groups excluding carboxylic acids is 1. The first-order valence-electron chi connectivity index (χ1n) is 8.64. The van der Waals surface area contributed by atoms with Crippen molar-refractivity contribution in [1.29, 1.82) is 0 Å². The van der Waals surface area contributed by atoms with E-state index in [2.05, 4.69) is 4.90 Å². The van der Waals surface area contributed by atoms with Gasteiger partial charge in [0.1, 0.15) is 5.60 Å². The summed E-state index contributed by atoms with van der Waals surface area (Å²) in [5.74, 6) is 0. The average molecular weight is 362 g/mol. The van der Waals surface area contributed by atoms with Gasteiger partial charge in [-0.3, -0.25) is 9.08 Å². The van der Waals surface area contributed by atoms with E-state index < -0.39 is 15.7 Å². The van der Waals surface area contributed by atoms with Crippen molar-refractivity contribution in [3.05, 3.63) is 0 Å². The molecule has 0 N–H and O–H groups in total. The number of amides is 1. The predicted molar refractivity (Wildman–Crippen MR) is 91.4 cm³/mol. The molecule has 0 bridgehead atoms. The lowest BCUT2D eigenvalue weighted by Gasteiger charge is -2.41. The molecule has 0 radical (unpaired) electrons. The van der Waals surface area contributed by atoms with E-state index in [0.29, 0.717) is 19.1 Å². The van der Waals surface area contributed by atoms with E-state index in [0.717, 1.165) is 45.0 Å². The van der Waals surface area contributed by atoms with E-state index in [-0.39, 0.29) is 12.2 Å². The Labute approximate surface area is 145 Å². The van der Waals surface area contributed by atoms with E-state index in [4.69, 9.17) is 8.92 Å². The maximum atomic E-state index is 12.1. The third-order valence-corrected chi connectivity index (χ3v) is 5.06. The van der Waals surface area contributed by atoms with Crippen molar-refractivity contribution in [2.75, 3.05) is 32.4 Å². The molecule has 1 saturated carbocycles. The first-order chi connectivity index (χ1) is 11.0. The van der Waals surface area contributed by atoms with Gasteiger partial charge in [0.15, 0.2) is 0 Å². The largest absolute Gasteiger partial charge is 0.444 e. The van der Waals surface area contributed by atoms with Crippen LogP contribution in [0.3, 0.4) is 0 Å². The summed E-state index contributed by atoms with van der Waals surface area (Å²) in [7, 11) is -3.37. The zero-order valence-corrected chi connectivity index (χ0v) is 16.0. The molecule has 2 aliphatic rings. The topological polar surface area (TPSA) is 76.2 Å². The van der Waals surface area contributed by atoms with Crippen LogP contribution in [0.25, 0.3) is 0 Å². The van der Waals surface area contributed by atoms with Crippen LogP contribution in [0.4, 0.5) is 4.79 Å². The van der Waals surface area contributed by atoms with Crippen LogP contribution >= 0.6 is 0 Å². The molecule has 0 aromatic carbocycles. The Balaban J connectivity index is 1.75. The Hall–Kier alpha value is -0.860. The fourth-order valence-corrected chi connectivity index (χ4v) is 4.04. The second-order valence-electron chi connectivity index (χ2n) is 7.73. The van der Waals surface area contributed by atoms with E-state index >= 15 is 0 Å². The van der Waals surface area contributed by atoms with Gasteiger partial charge in [-0.05, 0) is 46.5 Å². The summed E-state index contributed by atoms with van der Waals surface area (Å²) in [6.07, 6.45) is 4.09. The minimum absolute atomic E-state index is 0.181. The lowest BCUT2D eigenvalue weighted by atomic mass is 9.91. The third-order valence-electron chi connectivity index (χ3n) is 4.44. The molecular formula is C16H30N2O5S. The zero-order chi connectivity index (χ0) is 18.0. The molecule has 1 amide bonds. The zero-order valence-electron chi connectivity index (χ0n) is 15.2. The summed E-state index contributed by atoms with van der Waals surface area (Å²) >= 11 is 0. The lowest BCUT2D eigenvalue weighted by molar-refractivity contribution is 0.00547. The molecule has 1 saturated heterocycles. The average Bonchev–Trinajstić information content (AvgIpc) is 2.45. The summed E-state index contributed by atoms with van der Waals surface area (Å²) in [4.78, 5) is 16.2. The third kappa shape index (κ3) is 6.22. The number of piperazine rings is 1. The second kappa shape index (κ2) is 7.58. The summed E-state index contributed by atoms with van der Waals surface area (Å²) in [6.45, 7) is 8.64. The Morgan fingerprint density at radius 1 is 1.00 bits per heavy atom. The highest BCUT2D eigenvalue weighted by Crippen LogP contribution is 2.27. The van der Waals surface area contributed by atoms with Gasteiger partial charge >= 0.3 is 6.09 Å². The highest BCUT2D eigenvalue weighted by Gasteiger charge is 2.32. The first-order valence-corrected chi connectivity index (χ1v) is 10.5. The van der Waals surface area contributed by atoms with E-state index in [9.17, 15) is 13.2 Å². The van der Waals surface area contributed by atoms with Gasteiger partial charge in [-0.25, -0.2) is 4.79 Å². The van der Waals surface area contributed by atoms with E-state index in [1.165, 1.54) is 0 Å². The number of carbonyl (C=O) groups is 1. The normalized spacial score (nSPS) is 27.1. The highest BCUT2D eigenvalue weighted by atomic mass is 32.2. The fourth-order valence-electron chi connectivity index (χ4n) is 3.35. The van der Waals surface area contributed by atoms with E-state index in [1.54, 1.807) is 4.90 Å². The quantitative estimate of drug-likeness (QED) is 0.713. The number of ether oxygens (including phenoxy) is 1. The molecule has 2 fully saturated rings. The molecule has 0 atom stereocenters. The summed E-state index contributed by atoms with van der Waals surface area (Å²) in [5, 5.41) is 0. The minimum atomic E-state index is -3.37. The Morgan fingerprint density at radius 2 is 1.54 bits per heavy atom. The number of hydrogen-bond donors (Lipinski definition) is 0. The Morgan fingerprint density at radius 3 is 2.00 bits per heavy atom. The van der Waals surface area contributed by atoms with Gasteiger partial charge in [0.05, 0.1) is 12.4 Å². The molecule has 1 heterocycles. The van der Waals surface area contributed by atoms with Gasteiger partial charge in [-0.15, -0.1) is 0 Å². The first kappa shape index (κ1) is 19.5. The van der Waals surface area contributed by atoms with Crippen LogP contribution in [0.5, 0.6) is 0 Å². The molecule has 140 valence electrons. The van der Waals surface area contributed by atoms with Crippen molar-refractivity contribution in [2.24, 2.45) is 0 Å². The highest BCUT2D eigenvalue weighted by molar-refractivity contribution is 7.86. The van der Waals surface area contributed by atoms with Gasteiger partial charge in [0.2, 0.25) is 0 Å². The summed E-state index contributed by atoms with van der Waals surface area (Å²) in [5.41, 5.74) is -0.466. The van der Waals surface area contributed by atoms with Crippen molar-refractivity contribution < 1.29 is 22.1 Å². The Bertz CT molecular complexity index is 527. The van der Waals surface area contributed by atoms with Crippen LogP contribution in [0.15, 0.2) is 0 Å². The van der Waals surface area contributed by atoms with Crippen molar-refractivity contribution in [3.8, 4) is 0 Å². The number of hydrogen-bond acceptors (Lipinski definition) is 6. The van der Waals surface area contributed by atoms with Crippen LogP contribution in [-0.4, -0.2) is 74.5 Å². The van der Waals surface area contributed by atoms with Crippen LogP contribution in [0, 0.1) is 0 Å². The monoisotopic (exact) mass is 362 g/mol. The van der Waals surface area contributed by atoms with Crippen molar-refractivity contribution in [3.63, 3.8) is 0 Å². The molecule has 0 spiro atoms. The van der Waals surface area contributed by atoms with Crippen molar-refractivity contribution in [2.45, 2.75) is 64.2 Å². The molecular weight excluding hydrogens is 332 g/mol. The van der Waals surface area contributed by atoms with Gasteiger partial charge in [-0.2, -0.15) is 8.42 Å². The maximum absolute atomic E-state index is 12.1. The van der Waals surface area contributed by atoms with Crippen LogP contribution in [0.1, 0.15) is 46.5 Å². The van der Waals surface area contributed by atoms with Gasteiger partial charge < -0.3 is 9.64 Å². The number of nitrogens with zero attached hydrogens (tertiary/aromatic N) is 2. The minimum Gasteiger partial charge on any atom is -0.444 e.